The van der Waals surface area contributed by atoms with E-state index in [-0.39, 0.29) is 6.61 Å². The van der Waals surface area contributed by atoms with Crippen molar-refractivity contribution in [3.8, 4) is 16.9 Å². The van der Waals surface area contributed by atoms with Gasteiger partial charge in [-0.25, -0.2) is 9.97 Å². The Hall–Kier alpha value is -2.18. The molecule has 0 spiro atoms. The molecule has 0 fully saturated rings. The molecule has 5 nitrogen and oxygen atoms in total. The quantitative estimate of drug-likeness (QED) is 0.558. The zero-order chi connectivity index (χ0) is 17.5. The van der Waals surface area contributed by atoms with Gasteiger partial charge in [-0.1, -0.05) is 12.1 Å². The highest BCUT2D eigenvalue weighted by Gasteiger charge is 2.13. The number of nitrogens with zero attached hydrogens (tertiary/aromatic N) is 2. The van der Waals surface area contributed by atoms with Gasteiger partial charge >= 0.3 is 0 Å². The van der Waals surface area contributed by atoms with Gasteiger partial charge in [-0.15, -0.1) is 11.3 Å². The molecule has 1 aromatic carbocycles. The predicted octanol–water partition coefficient (Wildman–Crippen LogP) is 4.33. The van der Waals surface area contributed by atoms with Gasteiger partial charge in [-0.2, -0.15) is 0 Å². The highest BCUT2D eigenvalue weighted by Crippen LogP contribution is 2.36. The van der Waals surface area contributed by atoms with E-state index < -0.39 is 0 Å². The molecule has 3 aromatic rings. The van der Waals surface area contributed by atoms with Crippen molar-refractivity contribution < 1.29 is 9.84 Å². The molecule has 0 aliphatic rings. The lowest BCUT2D eigenvalue weighted by molar-refractivity contribution is 0.283. The standard InChI is InChI=1S/C19H23N3O2S/c1-2-24-15-8-6-14(7-9-15)16-12-25-19-17(16)18(21-13-22-19)20-10-4-3-5-11-23/h6-9,12-13,23H,2-5,10-11H2,1H3,(H,20,21,22). The summed E-state index contributed by atoms with van der Waals surface area (Å²) in [5, 5.41) is 15.5. The molecular formula is C19H23N3O2S. The molecule has 0 saturated heterocycles. The lowest BCUT2D eigenvalue weighted by Gasteiger charge is -2.09. The van der Waals surface area contributed by atoms with Crippen LogP contribution in [0.3, 0.4) is 0 Å². The number of benzene rings is 1. The minimum atomic E-state index is 0.254. The first kappa shape index (κ1) is 17.6. The molecule has 0 aliphatic heterocycles. The van der Waals surface area contributed by atoms with Crippen LogP contribution in [0.1, 0.15) is 26.2 Å². The van der Waals surface area contributed by atoms with Crippen molar-refractivity contribution >= 4 is 27.4 Å². The number of hydrogen-bond acceptors (Lipinski definition) is 6. The number of rotatable bonds is 9. The minimum Gasteiger partial charge on any atom is -0.494 e. The van der Waals surface area contributed by atoms with E-state index in [1.807, 2.05) is 19.1 Å². The summed E-state index contributed by atoms with van der Waals surface area (Å²) in [6, 6.07) is 8.14. The average molecular weight is 357 g/mol. The van der Waals surface area contributed by atoms with Gasteiger partial charge in [0.1, 0.15) is 22.7 Å². The van der Waals surface area contributed by atoms with Gasteiger partial charge in [-0.3, -0.25) is 0 Å². The van der Waals surface area contributed by atoms with E-state index >= 15 is 0 Å². The Kier molecular flexibility index (Phi) is 6.19. The van der Waals surface area contributed by atoms with Crippen LogP contribution in [0.4, 0.5) is 5.82 Å². The summed E-state index contributed by atoms with van der Waals surface area (Å²) in [5.74, 6) is 1.75. The zero-order valence-corrected chi connectivity index (χ0v) is 15.2. The number of thiophene rings is 1. The maximum absolute atomic E-state index is 8.86. The fourth-order valence-electron chi connectivity index (χ4n) is 2.74. The molecule has 0 unspecified atom stereocenters. The normalized spacial score (nSPS) is 11.0. The van der Waals surface area contributed by atoms with Crippen molar-refractivity contribution in [2.45, 2.75) is 26.2 Å². The van der Waals surface area contributed by atoms with Crippen LogP contribution >= 0.6 is 11.3 Å². The molecule has 6 heteroatoms. The number of hydrogen-bond donors (Lipinski definition) is 2. The van der Waals surface area contributed by atoms with Gasteiger partial charge < -0.3 is 15.2 Å². The first-order valence-corrected chi connectivity index (χ1v) is 9.51. The molecule has 0 atom stereocenters. The van der Waals surface area contributed by atoms with Crippen LogP contribution in [0, 0.1) is 0 Å². The second-order valence-electron chi connectivity index (χ2n) is 5.72. The van der Waals surface area contributed by atoms with Crippen molar-refractivity contribution in [1.82, 2.24) is 9.97 Å². The molecule has 132 valence electrons. The van der Waals surface area contributed by atoms with Gasteiger partial charge in [0.2, 0.25) is 0 Å². The molecule has 25 heavy (non-hydrogen) atoms. The van der Waals surface area contributed by atoms with Gasteiger partial charge in [0.05, 0.1) is 12.0 Å². The number of aliphatic hydroxyl groups excluding tert-OH is 1. The molecule has 2 aromatic heterocycles. The molecule has 2 N–H and O–H groups in total. The molecule has 0 aliphatic carbocycles. The fourth-order valence-corrected chi connectivity index (χ4v) is 3.66. The molecule has 0 saturated carbocycles. The summed E-state index contributed by atoms with van der Waals surface area (Å²) < 4.78 is 5.52. The third-order valence-corrected chi connectivity index (χ3v) is 4.86. The number of fused-ring (bicyclic) bond motifs is 1. The van der Waals surface area contributed by atoms with Crippen molar-refractivity contribution in [1.29, 1.82) is 0 Å². The van der Waals surface area contributed by atoms with E-state index in [4.69, 9.17) is 9.84 Å². The van der Waals surface area contributed by atoms with Crippen molar-refractivity contribution in [2.24, 2.45) is 0 Å². The Bertz CT molecular complexity index is 802. The third-order valence-electron chi connectivity index (χ3n) is 3.97. The van der Waals surface area contributed by atoms with Crippen LogP contribution in [0.5, 0.6) is 5.75 Å². The Labute approximate surface area is 151 Å². The van der Waals surface area contributed by atoms with E-state index in [2.05, 4.69) is 32.8 Å². The highest BCUT2D eigenvalue weighted by molar-refractivity contribution is 7.17. The van der Waals surface area contributed by atoms with Crippen LogP contribution < -0.4 is 10.1 Å². The summed E-state index contributed by atoms with van der Waals surface area (Å²) in [6.45, 7) is 3.74. The van der Waals surface area contributed by atoms with Crippen LogP contribution in [-0.4, -0.2) is 34.8 Å². The van der Waals surface area contributed by atoms with E-state index in [1.165, 1.54) is 0 Å². The monoisotopic (exact) mass is 357 g/mol. The smallest absolute Gasteiger partial charge is 0.138 e. The fraction of sp³-hybridized carbons (Fsp3) is 0.368. The molecule has 0 radical (unpaired) electrons. The zero-order valence-electron chi connectivity index (χ0n) is 14.4. The van der Waals surface area contributed by atoms with Gasteiger partial charge in [0, 0.05) is 24.1 Å². The lowest BCUT2D eigenvalue weighted by Crippen LogP contribution is -2.04. The molecule has 0 bridgehead atoms. The van der Waals surface area contributed by atoms with E-state index in [9.17, 15) is 0 Å². The van der Waals surface area contributed by atoms with Crippen molar-refractivity contribution in [3.05, 3.63) is 36.0 Å². The van der Waals surface area contributed by atoms with Crippen LogP contribution in [0.2, 0.25) is 0 Å². The van der Waals surface area contributed by atoms with Gasteiger partial charge in [-0.05, 0) is 43.9 Å². The first-order chi connectivity index (χ1) is 12.3. The number of aliphatic hydroxyl groups is 1. The Morgan fingerprint density at radius 1 is 1.12 bits per heavy atom. The number of anilines is 1. The average Bonchev–Trinajstić information content (AvgIpc) is 3.07. The van der Waals surface area contributed by atoms with Crippen molar-refractivity contribution in [2.75, 3.05) is 25.1 Å². The topological polar surface area (TPSA) is 67.3 Å². The predicted molar refractivity (Wildman–Crippen MR) is 103 cm³/mol. The van der Waals surface area contributed by atoms with Gasteiger partial charge in [0.15, 0.2) is 0 Å². The number of nitrogens with one attached hydrogen (secondary N) is 1. The Balaban J connectivity index is 1.83. The SMILES string of the molecule is CCOc1ccc(-c2csc3ncnc(NCCCCCO)c23)cc1. The first-order valence-electron chi connectivity index (χ1n) is 8.63. The lowest BCUT2D eigenvalue weighted by atomic mass is 10.1. The second kappa shape index (κ2) is 8.78. The number of ether oxygens (including phenoxy) is 1. The summed E-state index contributed by atoms with van der Waals surface area (Å²) >= 11 is 1.63. The van der Waals surface area contributed by atoms with E-state index in [0.29, 0.717) is 6.61 Å². The highest BCUT2D eigenvalue weighted by atomic mass is 32.1. The molecule has 0 amide bonds. The molecule has 3 rings (SSSR count). The summed E-state index contributed by atoms with van der Waals surface area (Å²) in [5.41, 5.74) is 2.27. The Morgan fingerprint density at radius 3 is 2.72 bits per heavy atom. The summed E-state index contributed by atoms with van der Waals surface area (Å²) in [6.07, 6.45) is 4.47. The van der Waals surface area contributed by atoms with Crippen LogP contribution in [0.25, 0.3) is 21.3 Å². The molecular weight excluding hydrogens is 334 g/mol. The minimum absolute atomic E-state index is 0.254. The second-order valence-corrected chi connectivity index (χ2v) is 6.58. The van der Waals surface area contributed by atoms with E-state index in [0.717, 1.165) is 58.7 Å². The number of aromatic nitrogens is 2. The largest absolute Gasteiger partial charge is 0.494 e. The van der Waals surface area contributed by atoms with Crippen LogP contribution in [-0.2, 0) is 0 Å². The maximum atomic E-state index is 8.86. The van der Waals surface area contributed by atoms with Crippen LogP contribution in [0.15, 0.2) is 36.0 Å². The van der Waals surface area contributed by atoms with E-state index in [1.54, 1.807) is 17.7 Å². The summed E-state index contributed by atoms with van der Waals surface area (Å²) in [7, 11) is 0. The number of unbranched alkanes of at least 4 members (excludes halogenated alkanes) is 2. The maximum Gasteiger partial charge on any atom is 0.138 e. The Morgan fingerprint density at radius 2 is 1.96 bits per heavy atom. The molecule has 2 heterocycles. The third kappa shape index (κ3) is 4.27. The van der Waals surface area contributed by atoms with Gasteiger partial charge in [0.25, 0.3) is 0 Å². The van der Waals surface area contributed by atoms with Crippen molar-refractivity contribution in [3.63, 3.8) is 0 Å². The summed E-state index contributed by atoms with van der Waals surface area (Å²) in [4.78, 5) is 9.83.